The summed E-state index contributed by atoms with van der Waals surface area (Å²) in [7, 11) is 0. The minimum Gasteiger partial charge on any atom is -0.435 e. The Morgan fingerprint density at radius 2 is 1.02 bits per heavy atom. The molecule has 0 N–H and O–H groups in total. The van der Waals surface area contributed by atoms with E-state index in [4.69, 9.17) is 18.8 Å². The van der Waals surface area contributed by atoms with Crippen molar-refractivity contribution in [2.75, 3.05) is 0 Å². The molecule has 0 aliphatic rings. The smallest absolute Gasteiger partial charge is 0.237 e. The molecule has 0 saturated heterocycles. The summed E-state index contributed by atoms with van der Waals surface area (Å²) in [5.41, 5.74) is 8.70. The second kappa shape index (κ2) is 14.9. The van der Waals surface area contributed by atoms with Crippen molar-refractivity contribution in [2.24, 2.45) is 0 Å². The lowest BCUT2D eigenvalue weighted by Gasteiger charge is -2.18. The molecule has 0 aliphatic heterocycles. The highest BCUT2D eigenvalue weighted by Crippen LogP contribution is 2.38. The Kier molecular flexibility index (Phi) is 11.4. The average Bonchev–Trinajstić information content (AvgIpc) is 3.86. The summed E-state index contributed by atoms with van der Waals surface area (Å²) in [4.78, 5) is 11.4. The SMILES string of the molecule is C.C.C.CC(C)(C)c1ccc2oc(-c3ccc(-c4nc5cc(C(C)(C)C)ccc5o4)s3)nc2c1.CCC(C)n1c2ccccc2c2ccccc21. The number of hydrogen-bond donors (Lipinski definition) is 0. The molecule has 0 bridgehead atoms. The molecule has 1 unspecified atom stereocenters. The first-order valence-corrected chi connectivity index (χ1v) is 17.6. The monoisotopic (exact) mass is 701 g/mol. The third kappa shape index (κ3) is 7.52. The first kappa shape index (κ1) is 39.1. The van der Waals surface area contributed by atoms with E-state index in [-0.39, 0.29) is 33.1 Å². The van der Waals surface area contributed by atoms with Gasteiger partial charge >= 0.3 is 0 Å². The van der Waals surface area contributed by atoms with E-state index in [0.717, 1.165) is 38.4 Å². The summed E-state index contributed by atoms with van der Waals surface area (Å²) < 4.78 is 14.5. The molecule has 8 rings (SSSR count). The minimum atomic E-state index is 0. The van der Waals surface area contributed by atoms with Gasteiger partial charge in [-0.2, -0.15) is 0 Å². The van der Waals surface area contributed by atoms with Crippen molar-refractivity contribution in [3.05, 3.63) is 108 Å². The molecule has 4 aromatic heterocycles. The van der Waals surface area contributed by atoms with Crippen molar-refractivity contribution in [1.29, 1.82) is 0 Å². The van der Waals surface area contributed by atoms with E-state index in [0.29, 0.717) is 17.8 Å². The van der Waals surface area contributed by atoms with Gasteiger partial charge in [0.05, 0.1) is 9.75 Å². The molecule has 4 aromatic carbocycles. The van der Waals surface area contributed by atoms with Gasteiger partial charge in [-0.1, -0.05) is 119 Å². The fourth-order valence-corrected chi connectivity index (χ4v) is 7.03. The first-order chi connectivity index (χ1) is 22.9. The summed E-state index contributed by atoms with van der Waals surface area (Å²) in [5, 5.41) is 2.73. The predicted octanol–water partition coefficient (Wildman–Crippen LogP) is 14.6. The van der Waals surface area contributed by atoms with Crippen LogP contribution in [0.3, 0.4) is 0 Å². The second-order valence-electron chi connectivity index (χ2n) is 14.7. The quantitative estimate of drug-likeness (QED) is 0.183. The number of fused-ring (bicyclic) bond motifs is 5. The van der Waals surface area contributed by atoms with Gasteiger partial charge < -0.3 is 13.4 Å². The van der Waals surface area contributed by atoms with Gasteiger partial charge in [0.15, 0.2) is 11.2 Å². The Balaban J connectivity index is 0.000000249. The number of hydrogen-bond acceptors (Lipinski definition) is 5. The Morgan fingerprint density at radius 3 is 1.41 bits per heavy atom. The van der Waals surface area contributed by atoms with Crippen molar-refractivity contribution in [3.63, 3.8) is 0 Å². The van der Waals surface area contributed by atoms with Crippen LogP contribution in [0.5, 0.6) is 0 Å². The first-order valence-electron chi connectivity index (χ1n) is 16.8. The fraction of sp³-hybridized carbons (Fsp3) is 0.333. The molecule has 5 nitrogen and oxygen atoms in total. The highest BCUT2D eigenvalue weighted by Gasteiger charge is 2.20. The van der Waals surface area contributed by atoms with E-state index in [2.05, 4.69) is 133 Å². The summed E-state index contributed by atoms with van der Waals surface area (Å²) in [6.07, 6.45) is 1.16. The van der Waals surface area contributed by atoms with Crippen LogP contribution >= 0.6 is 11.3 Å². The zero-order chi connectivity index (χ0) is 33.8. The number of nitrogens with zero attached hydrogens (tertiary/aromatic N) is 3. The minimum absolute atomic E-state index is 0. The molecule has 0 spiro atoms. The topological polar surface area (TPSA) is 57.0 Å². The number of para-hydroxylation sites is 2. The summed E-state index contributed by atoms with van der Waals surface area (Å²) in [5.74, 6) is 1.26. The Labute approximate surface area is 308 Å². The molecular weight excluding hydrogens is 647 g/mol. The van der Waals surface area contributed by atoms with Gasteiger partial charge in [0.2, 0.25) is 11.8 Å². The van der Waals surface area contributed by atoms with Crippen LogP contribution in [0.2, 0.25) is 0 Å². The third-order valence-corrected chi connectivity index (χ3v) is 10.2. The molecule has 4 heterocycles. The highest BCUT2D eigenvalue weighted by atomic mass is 32.1. The lowest BCUT2D eigenvalue weighted by molar-refractivity contribution is 0.563. The standard InChI is InChI=1S/C26H26N2O2S.C16H17N.3CH4/c1-25(2,3)15-7-9-19-17(13-15)27-23(29-19)21-11-12-22(31-21)24-28-18-14-16(26(4,5)6)8-10-20(18)30-24;1-3-12(2)17-15-10-6-4-8-13(15)14-9-5-7-11-16(14)17;;;/h7-14H,1-6H3;4-12H,3H2,1-2H3;3*1H4. The van der Waals surface area contributed by atoms with Crippen molar-refractivity contribution < 1.29 is 8.83 Å². The lowest BCUT2D eigenvalue weighted by atomic mass is 9.87. The van der Waals surface area contributed by atoms with E-state index in [1.54, 1.807) is 11.3 Å². The number of rotatable bonds is 4. The molecule has 268 valence electrons. The molecule has 0 amide bonds. The van der Waals surface area contributed by atoms with E-state index >= 15 is 0 Å². The van der Waals surface area contributed by atoms with E-state index < -0.39 is 0 Å². The van der Waals surface area contributed by atoms with Gasteiger partial charge in [-0.25, -0.2) is 9.97 Å². The molecule has 0 aliphatic carbocycles. The Bertz CT molecular complexity index is 2230. The van der Waals surface area contributed by atoms with Crippen molar-refractivity contribution in [2.45, 2.75) is 101 Å². The summed E-state index contributed by atoms with van der Waals surface area (Å²) in [6, 6.07) is 34.4. The number of oxazole rings is 2. The van der Waals surface area contributed by atoms with Crippen LogP contribution in [0.15, 0.2) is 106 Å². The molecule has 0 fully saturated rings. The van der Waals surface area contributed by atoms with E-state index in [9.17, 15) is 0 Å². The van der Waals surface area contributed by atoms with Gasteiger partial charge in [0.25, 0.3) is 0 Å². The van der Waals surface area contributed by atoms with Gasteiger partial charge in [0.1, 0.15) is 11.0 Å². The van der Waals surface area contributed by atoms with Crippen LogP contribution in [0.25, 0.3) is 65.5 Å². The maximum Gasteiger partial charge on any atom is 0.237 e. The fourth-order valence-electron chi connectivity index (χ4n) is 6.18. The molecule has 8 aromatic rings. The molecule has 0 saturated carbocycles. The third-order valence-electron chi connectivity index (χ3n) is 9.18. The molecular formula is C45H55N3O2S. The summed E-state index contributed by atoms with van der Waals surface area (Å²) >= 11 is 1.58. The van der Waals surface area contributed by atoms with E-state index in [1.165, 1.54) is 32.9 Å². The molecule has 0 radical (unpaired) electrons. The summed E-state index contributed by atoms with van der Waals surface area (Å²) in [6.45, 7) is 17.7. The van der Waals surface area contributed by atoms with Crippen LogP contribution in [-0.4, -0.2) is 14.5 Å². The number of aromatic nitrogens is 3. The zero-order valence-electron chi connectivity index (χ0n) is 29.1. The maximum absolute atomic E-state index is 6.03. The largest absolute Gasteiger partial charge is 0.435 e. The number of benzene rings is 4. The van der Waals surface area contributed by atoms with Crippen LogP contribution in [0.1, 0.15) is 101 Å². The second-order valence-corrected chi connectivity index (χ2v) is 15.8. The van der Waals surface area contributed by atoms with Gasteiger partial charge in [-0.05, 0) is 83.8 Å². The van der Waals surface area contributed by atoms with Crippen molar-refractivity contribution >= 4 is 55.3 Å². The van der Waals surface area contributed by atoms with Crippen LogP contribution < -0.4 is 0 Å². The normalized spacial score (nSPS) is 12.2. The molecule has 1 atom stereocenters. The zero-order valence-corrected chi connectivity index (χ0v) is 29.9. The van der Waals surface area contributed by atoms with Gasteiger partial charge in [-0.3, -0.25) is 0 Å². The van der Waals surface area contributed by atoms with Crippen LogP contribution in [-0.2, 0) is 10.8 Å². The highest BCUT2D eigenvalue weighted by molar-refractivity contribution is 7.18. The van der Waals surface area contributed by atoms with Crippen molar-refractivity contribution in [1.82, 2.24) is 14.5 Å². The Hall–Kier alpha value is -4.68. The van der Waals surface area contributed by atoms with Crippen LogP contribution in [0, 0.1) is 0 Å². The average molecular weight is 702 g/mol. The maximum atomic E-state index is 6.03. The Morgan fingerprint density at radius 1 is 0.608 bits per heavy atom. The predicted molar refractivity (Wildman–Crippen MR) is 222 cm³/mol. The van der Waals surface area contributed by atoms with Crippen molar-refractivity contribution in [3.8, 4) is 21.5 Å². The van der Waals surface area contributed by atoms with Crippen LogP contribution in [0.4, 0.5) is 0 Å². The lowest BCUT2D eigenvalue weighted by Crippen LogP contribution is -2.10. The number of thiophene rings is 1. The molecule has 6 heteroatoms. The molecule has 51 heavy (non-hydrogen) atoms. The van der Waals surface area contributed by atoms with Gasteiger partial charge in [-0.15, -0.1) is 11.3 Å². The van der Waals surface area contributed by atoms with Gasteiger partial charge in [0, 0.05) is 27.8 Å². The van der Waals surface area contributed by atoms with E-state index in [1.807, 2.05) is 24.3 Å².